The van der Waals surface area contributed by atoms with Gasteiger partial charge in [-0.2, -0.15) is 4.98 Å². The summed E-state index contributed by atoms with van der Waals surface area (Å²) in [6.45, 7) is 5.31. The molecule has 0 aliphatic carbocycles. The maximum Gasteiger partial charge on any atom is 0.294 e. The number of hydrogen-bond acceptors (Lipinski definition) is 6. The molecule has 1 aromatic carbocycles. The molecule has 0 saturated carbocycles. The molecule has 29 heavy (non-hydrogen) atoms. The minimum Gasteiger partial charge on any atom is -0.448 e. The van der Waals surface area contributed by atoms with Crippen LogP contribution < -0.4 is 15.6 Å². The molecule has 0 spiro atoms. The maximum absolute atomic E-state index is 13.8. The normalized spacial score (nSPS) is 12.8. The Morgan fingerprint density at radius 2 is 2.00 bits per heavy atom. The zero-order valence-electron chi connectivity index (χ0n) is 16.5. The van der Waals surface area contributed by atoms with Crippen molar-refractivity contribution >= 4 is 17.0 Å². The Labute approximate surface area is 166 Å². The number of rotatable bonds is 6. The summed E-state index contributed by atoms with van der Waals surface area (Å²) >= 11 is 0. The number of nitrogens with one attached hydrogen (secondary N) is 1. The van der Waals surface area contributed by atoms with Crippen molar-refractivity contribution in [3.05, 3.63) is 52.5 Å². The van der Waals surface area contributed by atoms with E-state index in [2.05, 4.69) is 15.3 Å². The van der Waals surface area contributed by atoms with Crippen LogP contribution in [0.25, 0.3) is 11.0 Å². The third-order valence-corrected chi connectivity index (χ3v) is 4.21. The molecule has 3 aromatic rings. The first kappa shape index (κ1) is 20.7. The molecule has 0 unspecified atom stereocenters. The molecule has 0 aliphatic heterocycles. The molecule has 0 saturated heterocycles. The molecule has 2 aromatic heterocycles. The molecule has 154 valence electrons. The highest BCUT2D eigenvalue weighted by Crippen LogP contribution is 2.25. The van der Waals surface area contributed by atoms with Crippen LogP contribution in [0.2, 0.25) is 0 Å². The van der Waals surface area contributed by atoms with Crippen LogP contribution in [0.15, 0.2) is 35.3 Å². The number of benzene rings is 1. The van der Waals surface area contributed by atoms with Crippen LogP contribution in [0.1, 0.15) is 27.2 Å². The lowest BCUT2D eigenvalue weighted by Gasteiger charge is -2.23. The van der Waals surface area contributed by atoms with E-state index in [1.54, 1.807) is 13.8 Å². The molecular formula is C20H22F2N4O3. The van der Waals surface area contributed by atoms with Crippen molar-refractivity contribution in [1.29, 1.82) is 0 Å². The summed E-state index contributed by atoms with van der Waals surface area (Å²) in [7, 11) is 1.51. The summed E-state index contributed by atoms with van der Waals surface area (Å²) in [5, 5.41) is 13.5. The fourth-order valence-electron chi connectivity index (χ4n) is 3.06. The smallest absolute Gasteiger partial charge is 0.294 e. The molecule has 2 N–H and O–H groups in total. The standard InChI is InChI=1S/C20H22F2N4O3/c1-11(9-20(2,3)28)24-19-23-10-12-7-16(18(27)26(4)17(12)25-19)29-15-6-5-13(21)8-14(15)22/h5-8,10-11,28H,9H2,1-4H3,(H,23,24,25)/t11-/m0/s1. The van der Waals surface area contributed by atoms with Crippen LogP contribution in [0, 0.1) is 11.6 Å². The van der Waals surface area contributed by atoms with Gasteiger partial charge >= 0.3 is 0 Å². The van der Waals surface area contributed by atoms with Gasteiger partial charge in [-0.1, -0.05) is 0 Å². The van der Waals surface area contributed by atoms with Gasteiger partial charge in [-0.15, -0.1) is 0 Å². The average Bonchev–Trinajstić information content (AvgIpc) is 2.60. The third-order valence-electron chi connectivity index (χ3n) is 4.21. The Morgan fingerprint density at radius 1 is 1.28 bits per heavy atom. The van der Waals surface area contributed by atoms with Crippen molar-refractivity contribution in [3.8, 4) is 11.5 Å². The van der Waals surface area contributed by atoms with Gasteiger partial charge in [0, 0.05) is 30.7 Å². The molecule has 3 rings (SSSR count). The Hall–Kier alpha value is -3.07. The third kappa shape index (κ3) is 4.86. The average molecular weight is 404 g/mol. The molecule has 0 radical (unpaired) electrons. The Bertz CT molecular complexity index is 1110. The van der Waals surface area contributed by atoms with Gasteiger partial charge in [0.1, 0.15) is 11.5 Å². The van der Waals surface area contributed by atoms with Crippen LogP contribution >= 0.6 is 0 Å². The molecule has 0 fully saturated rings. The monoisotopic (exact) mass is 404 g/mol. The first-order chi connectivity index (χ1) is 13.5. The topological polar surface area (TPSA) is 89.3 Å². The predicted molar refractivity (Wildman–Crippen MR) is 105 cm³/mol. The quantitative estimate of drug-likeness (QED) is 0.655. The van der Waals surface area contributed by atoms with Crippen molar-refractivity contribution in [2.75, 3.05) is 5.32 Å². The highest BCUT2D eigenvalue weighted by atomic mass is 19.1. The molecule has 1 atom stereocenters. The SMILES string of the molecule is C[C@@H](CC(C)(C)O)Nc1ncc2cc(Oc3ccc(F)cc3F)c(=O)n(C)c2n1. The fraction of sp³-hybridized carbons (Fsp3) is 0.350. The van der Waals surface area contributed by atoms with Gasteiger partial charge in [0.25, 0.3) is 5.56 Å². The van der Waals surface area contributed by atoms with E-state index in [-0.39, 0.29) is 17.5 Å². The molecule has 7 nitrogen and oxygen atoms in total. The number of ether oxygens (including phenoxy) is 1. The van der Waals surface area contributed by atoms with Crippen LogP contribution in [-0.2, 0) is 7.05 Å². The van der Waals surface area contributed by atoms with Crippen LogP contribution in [0.5, 0.6) is 11.5 Å². The highest BCUT2D eigenvalue weighted by molar-refractivity contribution is 5.76. The van der Waals surface area contributed by atoms with Crippen LogP contribution in [-0.4, -0.2) is 31.3 Å². The fourth-order valence-corrected chi connectivity index (χ4v) is 3.06. The van der Waals surface area contributed by atoms with Gasteiger partial charge in [0.2, 0.25) is 5.95 Å². The van der Waals surface area contributed by atoms with Gasteiger partial charge in [-0.3, -0.25) is 9.36 Å². The number of anilines is 1. The maximum atomic E-state index is 13.8. The van der Waals surface area contributed by atoms with E-state index >= 15 is 0 Å². The molecule has 9 heteroatoms. The van der Waals surface area contributed by atoms with E-state index in [9.17, 15) is 18.7 Å². The summed E-state index contributed by atoms with van der Waals surface area (Å²) < 4.78 is 33.5. The van der Waals surface area contributed by atoms with Crippen LogP contribution in [0.3, 0.4) is 0 Å². The predicted octanol–water partition coefficient (Wildman–Crippen LogP) is 3.36. The number of aromatic nitrogens is 3. The number of aryl methyl sites for hydroxylation is 1. The molecule has 0 amide bonds. The second-order valence-electron chi connectivity index (χ2n) is 7.58. The van der Waals surface area contributed by atoms with Crippen molar-refractivity contribution in [3.63, 3.8) is 0 Å². The highest BCUT2D eigenvalue weighted by Gasteiger charge is 2.18. The second kappa shape index (κ2) is 7.75. The van der Waals surface area contributed by atoms with E-state index in [1.165, 1.54) is 23.9 Å². The van der Waals surface area contributed by atoms with Crippen molar-refractivity contribution < 1.29 is 18.6 Å². The lowest BCUT2D eigenvalue weighted by molar-refractivity contribution is 0.0672. The summed E-state index contributed by atoms with van der Waals surface area (Å²) in [6.07, 6.45) is 1.98. The number of aliphatic hydroxyl groups is 1. The Balaban J connectivity index is 1.92. The van der Waals surface area contributed by atoms with Gasteiger partial charge in [0.05, 0.1) is 5.60 Å². The van der Waals surface area contributed by atoms with E-state index < -0.39 is 22.8 Å². The van der Waals surface area contributed by atoms with E-state index in [0.29, 0.717) is 29.5 Å². The number of halogens is 2. The van der Waals surface area contributed by atoms with Gasteiger partial charge < -0.3 is 15.2 Å². The number of pyridine rings is 1. The summed E-state index contributed by atoms with van der Waals surface area (Å²) in [5.74, 6) is -1.74. The van der Waals surface area contributed by atoms with Gasteiger partial charge in [0.15, 0.2) is 17.3 Å². The Kier molecular flexibility index (Phi) is 5.52. The molecule has 0 aliphatic rings. The molecular weight excluding hydrogens is 382 g/mol. The number of fused-ring (bicyclic) bond motifs is 1. The Morgan fingerprint density at radius 3 is 2.66 bits per heavy atom. The summed E-state index contributed by atoms with van der Waals surface area (Å²) in [6, 6.07) is 4.14. The largest absolute Gasteiger partial charge is 0.448 e. The van der Waals surface area contributed by atoms with E-state index in [4.69, 9.17) is 4.74 Å². The van der Waals surface area contributed by atoms with E-state index in [0.717, 1.165) is 12.1 Å². The molecule has 2 heterocycles. The number of nitrogens with zero attached hydrogens (tertiary/aromatic N) is 3. The minimum atomic E-state index is -0.913. The summed E-state index contributed by atoms with van der Waals surface area (Å²) in [4.78, 5) is 21.2. The van der Waals surface area contributed by atoms with Gasteiger partial charge in [-0.05, 0) is 45.4 Å². The summed E-state index contributed by atoms with van der Waals surface area (Å²) in [5.41, 5.74) is -1.02. The van der Waals surface area contributed by atoms with Crippen LogP contribution in [0.4, 0.5) is 14.7 Å². The number of hydrogen-bond donors (Lipinski definition) is 2. The van der Waals surface area contributed by atoms with Crippen molar-refractivity contribution in [1.82, 2.24) is 14.5 Å². The molecule has 0 bridgehead atoms. The minimum absolute atomic E-state index is 0.103. The lowest BCUT2D eigenvalue weighted by atomic mass is 10.0. The van der Waals surface area contributed by atoms with Crippen molar-refractivity contribution in [2.45, 2.75) is 38.8 Å². The van der Waals surface area contributed by atoms with Crippen molar-refractivity contribution in [2.24, 2.45) is 7.05 Å². The zero-order chi connectivity index (χ0) is 21.3. The van der Waals surface area contributed by atoms with Gasteiger partial charge in [-0.25, -0.2) is 13.8 Å². The lowest BCUT2D eigenvalue weighted by Crippen LogP contribution is -2.29. The zero-order valence-corrected chi connectivity index (χ0v) is 16.5. The first-order valence-electron chi connectivity index (χ1n) is 9.02. The first-order valence-corrected chi connectivity index (χ1v) is 9.02. The second-order valence-corrected chi connectivity index (χ2v) is 7.58. The van der Waals surface area contributed by atoms with E-state index in [1.807, 2.05) is 6.92 Å².